The lowest BCUT2D eigenvalue weighted by Crippen LogP contribution is -2.07. The van der Waals surface area contributed by atoms with E-state index in [1.54, 1.807) is 17.8 Å². The average Bonchev–Trinajstić information content (AvgIpc) is 3.18. The van der Waals surface area contributed by atoms with Gasteiger partial charge in [-0.15, -0.1) is 11.3 Å². The van der Waals surface area contributed by atoms with E-state index < -0.39 is 0 Å². The largest absolute Gasteiger partial charge is 0.493 e. The summed E-state index contributed by atoms with van der Waals surface area (Å²) < 4.78 is 12.8. The van der Waals surface area contributed by atoms with Gasteiger partial charge in [-0.1, -0.05) is 17.7 Å². The third-order valence-corrected chi connectivity index (χ3v) is 5.26. The van der Waals surface area contributed by atoms with Crippen molar-refractivity contribution in [2.24, 2.45) is 9.98 Å². The number of methoxy groups -OCH3 is 1. The Bertz CT molecular complexity index is 1060. The highest BCUT2D eigenvalue weighted by atomic mass is 32.1. The minimum Gasteiger partial charge on any atom is -0.493 e. The zero-order valence-corrected chi connectivity index (χ0v) is 17.0. The van der Waals surface area contributed by atoms with E-state index in [0.717, 1.165) is 12.0 Å². The molecule has 0 bridgehead atoms. The molecule has 1 aromatic carbocycles. The maximum atomic E-state index is 10.4. The smallest absolute Gasteiger partial charge is 0.258 e. The molecule has 1 aliphatic heterocycles. The van der Waals surface area contributed by atoms with Gasteiger partial charge in [-0.25, -0.2) is 4.99 Å². The van der Waals surface area contributed by atoms with Crippen LogP contribution in [-0.2, 0) is 16.0 Å². The Balaban J connectivity index is 1.85. The first-order valence-corrected chi connectivity index (χ1v) is 9.70. The summed E-state index contributed by atoms with van der Waals surface area (Å²) in [6.45, 7) is 3.10. The zero-order valence-electron chi connectivity index (χ0n) is 15.4. The lowest BCUT2D eigenvalue weighted by atomic mass is 10.2. The molecule has 144 valence electrons. The number of hydrogen-bond donors (Lipinski definition) is 1. The second kappa shape index (κ2) is 8.93. The highest BCUT2D eigenvalue weighted by Crippen LogP contribution is 2.30. The molecule has 1 aromatic heterocycles. The van der Waals surface area contributed by atoms with Crippen LogP contribution in [-0.4, -0.2) is 35.0 Å². The fraction of sp³-hybridized carbons (Fsp3) is 0.263. The number of aryl methyl sites for hydroxylation is 1. The van der Waals surface area contributed by atoms with Crippen LogP contribution in [0.25, 0.3) is 6.08 Å². The maximum absolute atomic E-state index is 10.4. The van der Waals surface area contributed by atoms with Crippen molar-refractivity contribution in [2.45, 2.75) is 19.9 Å². The van der Waals surface area contributed by atoms with Crippen molar-refractivity contribution in [1.82, 2.24) is 4.57 Å². The van der Waals surface area contributed by atoms with E-state index >= 15 is 0 Å². The van der Waals surface area contributed by atoms with Crippen molar-refractivity contribution in [2.75, 3.05) is 13.7 Å². The summed E-state index contributed by atoms with van der Waals surface area (Å²) in [6.07, 6.45) is 2.28. The molecule has 7 nitrogen and oxygen atoms in total. The van der Waals surface area contributed by atoms with Gasteiger partial charge < -0.3 is 14.6 Å². The van der Waals surface area contributed by atoms with Crippen LogP contribution in [0, 0.1) is 22.2 Å². The predicted molar refractivity (Wildman–Crippen MR) is 112 cm³/mol. The van der Waals surface area contributed by atoms with Crippen molar-refractivity contribution < 1.29 is 14.6 Å². The highest BCUT2D eigenvalue weighted by Gasteiger charge is 2.23. The molecule has 2 heterocycles. The van der Waals surface area contributed by atoms with Crippen molar-refractivity contribution >= 4 is 46.9 Å². The second-order valence-corrected chi connectivity index (χ2v) is 7.64. The third-order valence-electron chi connectivity index (χ3n) is 3.87. The van der Waals surface area contributed by atoms with Crippen molar-refractivity contribution in [3.8, 4) is 11.9 Å². The molecular weight excluding hydrogens is 396 g/mol. The summed E-state index contributed by atoms with van der Waals surface area (Å²) in [5.74, 6) is 0.345. The van der Waals surface area contributed by atoms with Crippen molar-refractivity contribution in [3.63, 3.8) is 0 Å². The standard InChI is InChI=1S/C19H18N4O3S2/c1-12-4-6-13(7-5-12)21-17-14(11-20)22-16(26-17)10-15-18(24)23(19(27)28-15)8-3-9-25-2/h4-7,10,24H,3,8-9H2,1-2H3/b16-10-,21-17?. The van der Waals surface area contributed by atoms with E-state index in [2.05, 4.69) is 9.98 Å². The number of hydrogen-bond acceptors (Lipinski definition) is 8. The minimum atomic E-state index is 0.0415. The van der Waals surface area contributed by atoms with Gasteiger partial charge >= 0.3 is 0 Å². The lowest BCUT2D eigenvalue weighted by molar-refractivity contribution is 0.189. The Morgan fingerprint density at radius 3 is 2.86 bits per heavy atom. The summed E-state index contributed by atoms with van der Waals surface area (Å²) in [7, 11) is 1.63. The first-order chi connectivity index (χ1) is 13.5. The quantitative estimate of drug-likeness (QED) is 0.560. The molecule has 1 aliphatic rings. The van der Waals surface area contributed by atoms with E-state index in [9.17, 15) is 10.4 Å². The highest BCUT2D eigenvalue weighted by molar-refractivity contribution is 7.73. The van der Waals surface area contributed by atoms with Gasteiger partial charge in [0.15, 0.2) is 3.95 Å². The van der Waals surface area contributed by atoms with Crippen molar-refractivity contribution in [1.29, 1.82) is 5.26 Å². The van der Waals surface area contributed by atoms with Crippen LogP contribution in [0.1, 0.15) is 16.9 Å². The fourth-order valence-corrected chi connectivity index (χ4v) is 3.74. The summed E-state index contributed by atoms with van der Waals surface area (Å²) in [4.78, 5) is 9.00. The van der Waals surface area contributed by atoms with E-state index in [1.807, 2.05) is 37.3 Å². The molecule has 3 rings (SSSR count). The molecule has 1 N–H and O–H groups in total. The predicted octanol–water partition coefficient (Wildman–Crippen LogP) is 4.35. The summed E-state index contributed by atoms with van der Waals surface area (Å²) in [5.41, 5.74) is 1.85. The number of aromatic hydroxyl groups is 1. The van der Waals surface area contributed by atoms with Gasteiger partial charge in [-0.05, 0) is 37.7 Å². The summed E-state index contributed by atoms with van der Waals surface area (Å²) in [6, 6.07) is 9.49. The van der Waals surface area contributed by atoms with Gasteiger partial charge in [-0.3, -0.25) is 4.57 Å². The van der Waals surface area contributed by atoms with Gasteiger partial charge in [0.05, 0.1) is 10.6 Å². The van der Waals surface area contributed by atoms with Crippen LogP contribution >= 0.6 is 23.6 Å². The molecule has 9 heteroatoms. The van der Waals surface area contributed by atoms with Crippen LogP contribution in [0.4, 0.5) is 5.69 Å². The molecule has 0 saturated carbocycles. The zero-order chi connectivity index (χ0) is 20.1. The van der Waals surface area contributed by atoms with Gasteiger partial charge in [0, 0.05) is 26.3 Å². The van der Waals surface area contributed by atoms with Crippen molar-refractivity contribution in [3.05, 3.63) is 44.5 Å². The van der Waals surface area contributed by atoms with Gasteiger partial charge in [0.25, 0.3) is 5.90 Å². The Hall–Kier alpha value is -2.80. The van der Waals surface area contributed by atoms with E-state index in [0.29, 0.717) is 27.7 Å². The van der Waals surface area contributed by atoms with E-state index in [1.165, 1.54) is 11.3 Å². The molecule has 0 amide bonds. The van der Waals surface area contributed by atoms with Crippen LogP contribution < -0.4 is 0 Å². The molecule has 0 atom stereocenters. The number of nitriles is 1. The van der Waals surface area contributed by atoms with Crippen LogP contribution in [0.15, 0.2) is 40.1 Å². The first kappa shape index (κ1) is 19.9. The second-order valence-electron chi connectivity index (χ2n) is 5.96. The number of aliphatic imine (C=N–C) groups is 2. The lowest BCUT2D eigenvalue weighted by Gasteiger charge is -2.04. The number of rotatable bonds is 6. The molecule has 0 radical (unpaired) electrons. The topological polar surface area (TPSA) is 92.1 Å². The number of benzene rings is 1. The molecule has 0 spiro atoms. The van der Waals surface area contributed by atoms with Crippen LogP contribution in [0.5, 0.6) is 5.88 Å². The molecule has 0 saturated heterocycles. The van der Waals surface area contributed by atoms with Gasteiger partial charge in [0.1, 0.15) is 6.07 Å². The maximum Gasteiger partial charge on any atom is 0.258 e. The average molecular weight is 415 g/mol. The molecule has 0 aliphatic carbocycles. The Morgan fingerprint density at radius 2 is 2.18 bits per heavy atom. The van der Waals surface area contributed by atoms with Crippen LogP contribution in [0.3, 0.4) is 0 Å². The number of thiazole rings is 1. The normalized spacial score (nSPS) is 16.2. The molecule has 0 unspecified atom stereocenters. The molecular formula is C19H18N4O3S2. The number of ether oxygens (including phenoxy) is 2. The molecule has 2 aromatic rings. The molecule has 28 heavy (non-hydrogen) atoms. The number of aromatic nitrogens is 1. The van der Waals surface area contributed by atoms with Crippen LogP contribution in [0.2, 0.25) is 0 Å². The summed E-state index contributed by atoms with van der Waals surface area (Å²) >= 11 is 6.56. The van der Waals surface area contributed by atoms with E-state index in [-0.39, 0.29) is 23.4 Å². The minimum absolute atomic E-state index is 0.0415. The Kier molecular flexibility index (Phi) is 6.36. The first-order valence-electron chi connectivity index (χ1n) is 8.47. The SMILES string of the molecule is COCCCn1c(O)c(/C=C2/N=C(C#N)C(=Nc3ccc(C)cc3)O2)sc1=S. The third kappa shape index (κ3) is 4.54. The number of nitrogens with zero attached hydrogens (tertiary/aromatic N) is 4. The molecule has 0 fully saturated rings. The Morgan fingerprint density at radius 1 is 1.43 bits per heavy atom. The summed E-state index contributed by atoms with van der Waals surface area (Å²) in [5, 5.41) is 19.8. The fourth-order valence-electron chi connectivity index (χ4n) is 2.46. The monoisotopic (exact) mass is 414 g/mol. The Labute approximate surface area is 171 Å². The van der Waals surface area contributed by atoms with Gasteiger partial charge in [0.2, 0.25) is 17.5 Å². The van der Waals surface area contributed by atoms with Gasteiger partial charge in [-0.2, -0.15) is 10.3 Å². The van der Waals surface area contributed by atoms with E-state index in [4.69, 9.17) is 21.7 Å².